The third-order valence-corrected chi connectivity index (χ3v) is 3.41. The molecule has 16 heavy (non-hydrogen) atoms. The summed E-state index contributed by atoms with van der Waals surface area (Å²) < 4.78 is 14.3. The Labute approximate surface area is 105 Å². The van der Waals surface area contributed by atoms with Crippen LogP contribution in [-0.2, 0) is 6.54 Å². The average Bonchev–Trinajstić information content (AvgIpc) is 2.67. The minimum absolute atomic E-state index is 0.290. The summed E-state index contributed by atoms with van der Waals surface area (Å²) in [5.41, 5.74) is 0.489. The summed E-state index contributed by atoms with van der Waals surface area (Å²) in [6.07, 6.45) is 0. The first kappa shape index (κ1) is 11.6. The van der Waals surface area contributed by atoms with Gasteiger partial charge in [0.25, 0.3) is 0 Å². The highest BCUT2D eigenvalue weighted by Gasteiger charge is 2.10. The number of benzene rings is 1. The van der Waals surface area contributed by atoms with E-state index in [0.29, 0.717) is 21.6 Å². The molecule has 6 heteroatoms. The summed E-state index contributed by atoms with van der Waals surface area (Å²) in [4.78, 5) is 0. The van der Waals surface area contributed by atoms with Gasteiger partial charge in [-0.15, -0.1) is 10.2 Å². The molecule has 1 aromatic carbocycles. The third-order valence-electron chi connectivity index (χ3n) is 1.96. The maximum atomic E-state index is 13.6. The van der Waals surface area contributed by atoms with E-state index in [9.17, 15) is 4.39 Å². The zero-order valence-corrected chi connectivity index (χ0v) is 10.9. The van der Waals surface area contributed by atoms with Gasteiger partial charge < -0.3 is 5.32 Å². The average molecular weight is 302 g/mol. The Morgan fingerprint density at radius 1 is 1.44 bits per heavy atom. The molecule has 84 valence electrons. The van der Waals surface area contributed by atoms with Crippen molar-refractivity contribution in [2.75, 3.05) is 7.05 Å². The molecule has 3 nitrogen and oxygen atoms in total. The van der Waals surface area contributed by atoms with Crippen LogP contribution in [-0.4, -0.2) is 17.2 Å². The third kappa shape index (κ3) is 2.45. The van der Waals surface area contributed by atoms with E-state index in [1.54, 1.807) is 12.1 Å². The molecule has 0 amide bonds. The van der Waals surface area contributed by atoms with Gasteiger partial charge in [-0.1, -0.05) is 27.3 Å². The summed E-state index contributed by atoms with van der Waals surface area (Å²) in [6, 6.07) is 4.91. The van der Waals surface area contributed by atoms with Crippen LogP contribution in [0.15, 0.2) is 22.7 Å². The Balaban J connectivity index is 2.35. The van der Waals surface area contributed by atoms with E-state index < -0.39 is 0 Å². The van der Waals surface area contributed by atoms with Gasteiger partial charge in [0.05, 0.1) is 0 Å². The lowest BCUT2D eigenvalue weighted by molar-refractivity contribution is 0.630. The van der Waals surface area contributed by atoms with E-state index in [-0.39, 0.29) is 5.82 Å². The molecule has 0 saturated heterocycles. The Morgan fingerprint density at radius 2 is 2.25 bits per heavy atom. The van der Waals surface area contributed by atoms with Crippen LogP contribution in [0.4, 0.5) is 4.39 Å². The van der Waals surface area contributed by atoms with Crippen LogP contribution in [0.25, 0.3) is 10.6 Å². The zero-order valence-electron chi connectivity index (χ0n) is 8.50. The second-order valence-corrected chi connectivity index (χ2v) is 5.13. The fraction of sp³-hybridized carbons (Fsp3) is 0.200. The molecule has 0 fully saturated rings. The first-order valence-electron chi connectivity index (χ1n) is 4.63. The predicted molar refractivity (Wildman–Crippen MR) is 65.8 cm³/mol. The van der Waals surface area contributed by atoms with Gasteiger partial charge in [-0.2, -0.15) is 0 Å². The summed E-state index contributed by atoms with van der Waals surface area (Å²) in [5, 5.41) is 12.4. The highest BCUT2D eigenvalue weighted by Crippen LogP contribution is 2.27. The standard InChI is InChI=1S/C10H9BrFN3S/c1-13-5-9-14-15-10(16-9)7-3-2-6(11)4-8(7)12/h2-4,13H,5H2,1H3. The van der Waals surface area contributed by atoms with E-state index in [0.717, 1.165) is 5.01 Å². The number of nitrogens with one attached hydrogen (secondary N) is 1. The molecule has 0 bridgehead atoms. The Bertz CT molecular complexity index is 501. The fourth-order valence-electron chi connectivity index (χ4n) is 1.25. The predicted octanol–water partition coefficient (Wildman–Crippen LogP) is 2.83. The number of nitrogens with zero attached hydrogens (tertiary/aromatic N) is 2. The molecule has 0 atom stereocenters. The van der Waals surface area contributed by atoms with Crippen LogP contribution in [0, 0.1) is 5.82 Å². The van der Waals surface area contributed by atoms with Gasteiger partial charge in [0, 0.05) is 16.6 Å². The molecule has 1 N–H and O–H groups in total. The second kappa shape index (κ2) is 4.99. The lowest BCUT2D eigenvalue weighted by Gasteiger charge is -1.98. The lowest BCUT2D eigenvalue weighted by atomic mass is 10.2. The number of hydrogen-bond donors (Lipinski definition) is 1. The molecule has 2 rings (SSSR count). The van der Waals surface area contributed by atoms with Gasteiger partial charge >= 0.3 is 0 Å². The van der Waals surface area contributed by atoms with Crippen LogP contribution in [0.2, 0.25) is 0 Å². The molecular weight excluding hydrogens is 293 g/mol. The van der Waals surface area contributed by atoms with Crippen molar-refractivity contribution in [3.8, 4) is 10.6 Å². The quantitative estimate of drug-likeness (QED) is 0.947. The highest BCUT2D eigenvalue weighted by molar-refractivity contribution is 9.10. The summed E-state index contributed by atoms with van der Waals surface area (Å²) in [5.74, 6) is -0.290. The van der Waals surface area contributed by atoms with E-state index in [2.05, 4.69) is 31.4 Å². The fourth-order valence-corrected chi connectivity index (χ4v) is 2.46. The van der Waals surface area contributed by atoms with Crippen molar-refractivity contribution in [2.24, 2.45) is 0 Å². The van der Waals surface area contributed by atoms with E-state index in [1.807, 2.05) is 7.05 Å². The number of hydrogen-bond acceptors (Lipinski definition) is 4. The van der Waals surface area contributed by atoms with E-state index in [4.69, 9.17) is 0 Å². The Hall–Kier alpha value is -0.850. The van der Waals surface area contributed by atoms with Gasteiger partial charge in [-0.3, -0.25) is 0 Å². The normalized spacial score (nSPS) is 10.7. The van der Waals surface area contributed by atoms with Gasteiger partial charge in [0.1, 0.15) is 10.8 Å². The monoisotopic (exact) mass is 301 g/mol. The van der Waals surface area contributed by atoms with Crippen LogP contribution >= 0.6 is 27.3 Å². The van der Waals surface area contributed by atoms with Crippen molar-refractivity contribution in [3.63, 3.8) is 0 Å². The number of aromatic nitrogens is 2. The number of rotatable bonds is 3. The lowest BCUT2D eigenvalue weighted by Crippen LogP contribution is -2.04. The molecule has 0 saturated carbocycles. The van der Waals surface area contributed by atoms with Crippen molar-refractivity contribution in [3.05, 3.63) is 33.5 Å². The minimum Gasteiger partial charge on any atom is -0.313 e. The molecular formula is C10H9BrFN3S. The molecule has 2 aromatic rings. The largest absolute Gasteiger partial charge is 0.313 e. The molecule has 0 aliphatic rings. The van der Waals surface area contributed by atoms with Gasteiger partial charge in [-0.25, -0.2) is 4.39 Å². The first-order valence-corrected chi connectivity index (χ1v) is 6.24. The van der Waals surface area contributed by atoms with Crippen molar-refractivity contribution < 1.29 is 4.39 Å². The minimum atomic E-state index is -0.290. The van der Waals surface area contributed by atoms with Crippen LogP contribution in [0.3, 0.4) is 0 Å². The molecule has 0 radical (unpaired) electrons. The van der Waals surface area contributed by atoms with Gasteiger partial charge in [-0.05, 0) is 25.2 Å². The summed E-state index contributed by atoms with van der Waals surface area (Å²) in [6.45, 7) is 0.649. The SMILES string of the molecule is CNCc1nnc(-c2ccc(Br)cc2F)s1. The summed E-state index contributed by atoms with van der Waals surface area (Å²) >= 11 is 4.61. The first-order chi connectivity index (χ1) is 7.70. The second-order valence-electron chi connectivity index (χ2n) is 3.16. The molecule has 0 aliphatic heterocycles. The molecule has 0 spiro atoms. The summed E-state index contributed by atoms with van der Waals surface area (Å²) in [7, 11) is 1.83. The van der Waals surface area contributed by atoms with Crippen LogP contribution < -0.4 is 5.32 Å². The van der Waals surface area contributed by atoms with Crippen molar-refractivity contribution >= 4 is 27.3 Å². The maximum absolute atomic E-state index is 13.6. The molecule has 1 aromatic heterocycles. The zero-order chi connectivity index (χ0) is 11.5. The molecule has 0 unspecified atom stereocenters. The van der Waals surface area contributed by atoms with Gasteiger partial charge in [0.2, 0.25) is 0 Å². The number of halogens is 2. The Morgan fingerprint density at radius 3 is 2.94 bits per heavy atom. The Kier molecular flexibility index (Phi) is 3.63. The van der Waals surface area contributed by atoms with Crippen molar-refractivity contribution in [1.29, 1.82) is 0 Å². The maximum Gasteiger partial charge on any atom is 0.150 e. The van der Waals surface area contributed by atoms with Crippen molar-refractivity contribution in [2.45, 2.75) is 6.54 Å². The highest BCUT2D eigenvalue weighted by atomic mass is 79.9. The van der Waals surface area contributed by atoms with E-state index in [1.165, 1.54) is 17.4 Å². The van der Waals surface area contributed by atoms with Crippen LogP contribution in [0.5, 0.6) is 0 Å². The topological polar surface area (TPSA) is 37.8 Å². The van der Waals surface area contributed by atoms with Gasteiger partial charge in [0.15, 0.2) is 5.01 Å². The molecule has 1 heterocycles. The van der Waals surface area contributed by atoms with Crippen LogP contribution in [0.1, 0.15) is 5.01 Å². The van der Waals surface area contributed by atoms with Crippen molar-refractivity contribution in [1.82, 2.24) is 15.5 Å². The molecule has 0 aliphatic carbocycles. The smallest absolute Gasteiger partial charge is 0.150 e. The van der Waals surface area contributed by atoms with E-state index >= 15 is 0 Å².